The number of hydrogen-bond acceptors (Lipinski definition) is 5. The Labute approximate surface area is 209 Å². The van der Waals surface area contributed by atoms with E-state index in [2.05, 4.69) is 39.5 Å². The molecule has 1 amide bonds. The zero-order valence-electron chi connectivity index (χ0n) is 21.6. The summed E-state index contributed by atoms with van der Waals surface area (Å²) in [7, 11) is 0. The van der Waals surface area contributed by atoms with Crippen LogP contribution in [0.15, 0.2) is 54.1 Å². The third kappa shape index (κ3) is 6.12. The SMILES string of the molecule is CCc1ccc(C2/C(=C(\O)c3ccc(OCC(C)C)cc3)C(=O)C(=O)N2CCN(CC)CC)cc1. The molecule has 0 spiro atoms. The Bertz CT molecular complexity index is 1040. The van der Waals surface area contributed by atoms with Crippen molar-refractivity contribution < 1.29 is 19.4 Å². The minimum atomic E-state index is -0.647. The standard InChI is InChI=1S/C29H38N2O4/c1-6-21-9-11-22(12-10-21)26-25(28(33)29(34)31(26)18-17-30(7-2)8-3)27(32)23-13-15-24(16-14-23)35-19-20(4)5/h9-16,20,26,32H,6-8,17-19H2,1-5H3/b27-25+. The highest BCUT2D eigenvalue weighted by Gasteiger charge is 2.45. The predicted octanol–water partition coefficient (Wildman–Crippen LogP) is 5.05. The number of Topliss-reactive ketones (excluding diaryl/α,β-unsaturated/α-hetero) is 1. The number of likely N-dealkylation sites (N-methyl/N-ethyl adjacent to an activating group) is 1. The molecule has 1 heterocycles. The molecule has 35 heavy (non-hydrogen) atoms. The van der Waals surface area contributed by atoms with Gasteiger partial charge in [-0.15, -0.1) is 0 Å². The second-order valence-electron chi connectivity index (χ2n) is 9.34. The molecule has 2 aromatic carbocycles. The van der Waals surface area contributed by atoms with Crippen molar-refractivity contribution in [1.29, 1.82) is 0 Å². The Balaban J connectivity index is 2.01. The van der Waals surface area contributed by atoms with Gasteiger partial charge < -0.3 is 19.6 Å². The van der Waals surface area contributed by atoms with Crippen molar-refractivity contribution in [3.8, 4) is 5.75 Å². The van der Waals surface area contributed by atoms with Gasteiger partial charge in [-0.25, -0.2) is 0 Å². The number of ether oxygens (including phenoxy) is 1. The van der Waals surface area contributed by atoms with Crippen LogP contribution in [0, 0.1) is 5.92 Å². The van der Waals surface area contributed by atoms with E-state index in [1.807, 2.05) is 24.3 Å². The molecule has 0 bridgehead atoms. The van der Waals surface area contributed by atoms with Crippen LogP contribution < -0.4 is 4.74 Å². The fourth-order valence-corrected chi connectivity index (χ4v) is 4.31. The maximum Gasteiger partial charge on any atom is 0.295 e. The highest BCUT2D eigenvalue weighted by molar-refractivity contribution is 6.46. The van der Waals surface area contributed by atoms with Crippen molar-refractivity contribution in [2.75, 3.05) is 32.8 Å². The van der Waals surface area contributed by atoms with Crippen LogP contribution in [0.2, 0.25) is 0 Å². The topological polar surface area (TPSA) is 70.1 Å². The maximum atomic E-state index is 13.2. The minimum absolute atomic E-state index is 0.134. The van der Waals surface area contributed by atoms with Gasteiger partial charge in [-0.2, -0.15) is 0 Å². The first-order valence-electron chi connectivity index (χ1n) is 12.6. The molecule has 1 saturated heterocycles. The first-order valence-corrected chi connectivity index (χ1v) is 12.6. The second kappa shape index (κ2) is 12.0. The van der Waals surface area contributed by atoms with Gasteiger partial charge in [0.2, 0.25) is 0 Å². The molecule has 0 saturated carbocycles. The van der Waals surface area contributed by atoms with E-state index in [0.29, 0.717) is 36.9 Å². The third-order valence-electron chi connectivity index (χ3n) is 6.51. The number of carbonyl (C=O) groups excluding carboxylic acids is 2. The molecule has 2 aromatic rings. The molecule has 0 aromatic heterocycles. The summed E-state index contributed by atoms with van der Waals surface area (Å²) >= 11 is 0. The van der Waals surface area contributed by atoms with Crippen LogP contribution >= 0.6 is 0 Å². The number of benzene rings is 2. The number of rotatable bonds is 11. The number of likely N-dealkylation sites (tertiary alicyclic amines) is 1. The molecular weight excluding hydrogens is 440 g/mol. The number of aryl methyl sites for hydroxylation is 1. The van der Waals surface area contributed by atoms with Gasteiger partial charge in [0.15, 0.2) is 0 Å². The quantitative estimate of drug-likeness (QED) is 0.278. The number of nitrogens with zero attached hydrogens (tertiary/aromatic N) is 2. The zero-order valence-corrected chi connectivity index (χ0v) is 21.6. The van der Waals surface area contributed by atoms with Crippen molar-refractivity contribution in [1.82, 2.24) is 9.80 Å². The lowest BCUT2D eigenvalue weighted by atomic mass is 9.94. The van der Waals surface area contributed by atoms with Gasteiger partial charge in [0.25, 0.3) is 11.7 Å². The van der Waals surface area contributed by atoms with Gasteiger partial charge in [-0.3, -0.25) is 9.59 Å². The maximum absolute atomic E-state index is 13.2. The normalized spacial score (nSPS) is 17.6. The fourth-order valence-electron chi connectivity index (χ4n) is 4.31. The van der Waals surface area contributed by atoms with Gasteiger partial charge in [0.1, 0.15) is 11.5 Å². The monoisotopic (exact) mass is 478 g/mol. The van der Waals surface area contributed by atoms with E-state index in [4.69, 9.17) is 4.74 Å². The smallest absolute Gasteiger partial charge is 0.295 e. The Kier molecular flexibility index (Phi) is 9.10. The van der Waals surface area contributed by atoms with Gasteiger partial charge in [0.05, 0.1) is 18.2 Å². The van der Waals surface area contributed by atoms with Crippen molar-refractivity contribution in [3.05, 3.63) is 70.8 Å². The largest absolute Gasteiger partial charge is 0.507 e. The van der Waals surface area contributed by atoms with Crippen LogP contribution in [0.25, 0.3) is 5.76 Å². The molecule has 0 aliphatic carbocycles. The van der Waals surface area contributed by atoms with Crippen LogP contribution in [0.5, 0.6) is 5.75 Å². The van der Waals surface area contributed by atoms with E-state index < -0.39 is 17.7 Å². The van der Waals surface area contributed by atoms with Crippen LogP contribution in [0.3, 0.4) is 0 Å². The lowest BCUT2D eigenvalue weighted by Gasteiger charge is -2.28. The summed E-state index contributed by atoms with van der Waals surface area (Å²) < 4.78 is 5.74. The van der Waals surface area contributed by atoms with Gasteiger partial charge >= 0.3 is 0 Å². The molecule has 3 rings (SSSR count). The highest BCUT2D eigenvalue weighted by atomic mass is 16.5. The van der Waals surface area contributed by atoms with Crippen molar-refractivity contribution in [3.63, 3.8) is 0 Å². The Morgan fingerprint density at radius 1 is 1.00 bits per heavy atom. The predicted molar refractivity (Wildman–Crippen MR) is 139 cm³/mol. The van der Waals surface area contributed by atoms with Gasteiger partial charge in [-0.05, 0) is 60.8 Å². The molecule has 6 heteroatoms. The molecule has 1 aliphatic rings. The third-order valence-corrected chi connectivity index (χ3v) is 6.51. The Hall–Kier alpha value is -3.12. The van der Waals surface area contributed by atoms with Crippen molar-refractivity contribution >= 4 is 17.4 Å². The lowest BCUT2D eigenvalue weighted by molar-refractivity contribution is -0.140. The van der Waals surface area contributed by atoms with E-state index in [0.717, 1.165) is 25.1 Å². The summed E-state index contributed by atoms with van der Waals surface area (Å²) in [6, 6.07) is 14.3. The second-order valence-corrected chi connectivity index (χ2v) is 9.34. The number of aliphatic hydroxyl groups excluding tert-OH is 1. The summed E-state index contributed by atoms with van der Waals surface area (Å²) in [6.45, 7) is 13.8. The summed E-state index contributed by atoms with van der Waals surface area (Å²) in [4.78, 5) is 30.2. The van der Waals surface area contributed by atoms with E-state index in [1.54, 1.807) is 29.2 Å². The number of amides is 1. The van der Waals surface area contributed by atoms with Crippen LogP contribution in [0.4, 0.5) is 0 Å². The van der Waals surface area contributed by atoms with Crippen molar-refractivity contribution in [2.24, 2.45) is 5.92 Å². The van der Waals surface area contributed by atoms with Crippen LogP contribution in [-0.4, -0.2) is 59.4 Å². The van der Waals surface area contributed by atoms with Crippen LogP contribution in [0.1, 0.15) is 57.4 Å². The van der Waals surface area contributed by atoms with E-state index in [1.165, 1.54) is 5.56 Å². The average Bonchev–Trinajstić information content (AvgIpc) is 3.13. The van der Waals surface area contributed by atoms with Crippen molar-refractivity contribution in [2.45, 2.75) is 47.1 Å². The first-order chi connectivity index (χ1) is 16.8. The lowest BCUT2D eigenvalue weighted by Crippen LogP contribution is -2.38. The molecular formula is C29H38N2O4. The molecule has 6 nitrogen and oxygen atoms in total. The fraction of sp³-hybridized carbons (Fsp3) is 0.448. The molecule has 1 atom stereocenters. The molecule has 1 aliphatic heterocycles. The van der Waals surface area contributed by atoms with Gasteiger partial charge in [-0.1, -0.05) is 58.9 Å². The minimum Gasteiger partial charge on any atom is -0.507 e. The summed E-state index contributed by atoms with van der Waals surface area (Å²) in [5, 5.41) is 11.3. The molecule has 1 N–H and O–H groups in total. The molecule has 1 unspecified atom stereocenters. The Morgan fingerprint density at radius 3 is 2.17 bits per heavy atom. The highest BCUT2D eigenvalue weighted by Crippen LogP contribution is 2.39. The molecule has 1 fully saturated rings. The molecule has 0 radical (unpaired) electrons. The molecule has 188 valence electrons. The first kappa shape index (κ1) is 26.5. The summed E-state index contributed by atoms with van der Waals surface area (Å²) in [5.74, 6) is -0.281. The average molecular weight is 479 g/mol. The van der Waals surface area contributed by atoms with Crippen LogP contribution in [-0.2, 0) is 16.0 Å². The van der Waals surface area contributed by atoms with E-state index in [-0.39, 0.29) is 11.3 Å². The van der Waals surface area contributed by atoms with Gasteiger partial charge in [0, 0.05) is 18.7 Å². The van der Waals surface area contributed by atoms with E-state index in [9.17, 15) is 14.7 Å². The summed E-state index contributed by atoms with van der Waals surface area (Å²) in [6.07, 6.45) is 0.896. The Morgan fingerprint density at radius 2 is 1.63 bits per heavy atom. The number of ketones is 1. The number of aliphatic hydroxyl groups is 1. The summed E-state index contributed by atoms with van der Waals surface area (Å²) in [5.41, 5.74) is 2.61. The zero-order chi connectivity index (χ0) is 25.5. The number of carbonyl (C=O) groups is 2. The number of hydrogen-bond donors (Lipinski definition) is 1. The van der Waals surface area contributed by atoms with E-state index >= 15 is 0 Å².